The van der Waals surface area contributed by atoms with Crippen LogP contribution in [0.4, 0.5) is 0 Å². The van der Waals surface area contributed by atoms with Gasteiger partial charge in [-0.25, -0.2) is 4.98 Å². The zero-order valence-electron chi connectivity index (χ0n) is 14.9. The number of aryl methyl sites for hydroxylation is 1. The lowest BCUT2D eigenvalue weighted by Gasteiger charge is -2.36. The van der Waals surface area contributed by atoms with Crippen LogP contribution in [-0.4, -0.2) is 65.7 Å². The van der Waals surface area contributed by atoms with E-state index in [-0.39, 0.29) is 0 Å². The number of aliphatic imine (C=N–C) groups is 1. The van der Waals surface area contributed by atoms with Crippen molar-refractivity contribution in [2.24, 2.45) is 4.99 Å². The Kier molecular flexibility index (Phi) is 6.41. The van der Waals surface area contributed by atoms with Crippen molar-refractivity contribution in [3.05, 3.63) is 34.1 Å². The van der Waals surface area contributed by atoms with Crippen LogP contribution in [0.1, 0.15) is 23.3 Å². The smallest absolute Gasteiger partial charge is 0.193 e. The molecular weight excluding hydrogens is 336 g/mol. The number of rotatable bonds is 6. The van der Waals surface area contributed by atoms with E-state index >= 15 is 0 Å². The number of guanidine groups is 1. The molecule has 1 aliphatic rings. The third kappa shape index (κ3) is 5.02. The molecular formula is C17H26N6OS. The molecule has 1 N–H and O–H groups in total. The highest BCUT2D eigenvalue weighted by molar-refractivity contribution is 7.09. The minimum Gasteiger partial charge on any atom is -0.364 e. The number of nitrogens with one attached hydrogen (secondary N) is 1. The Morgan fingerprint density at radius 1 is 1.32 bits per heavy atom. The summed E-state index contributed by atoms with van der Waals surface area (Å²) in [5.41, 5.74) is 2.16. The minimum atomic E-state index is 0.847. The summed E-state index contributed by atoms with van der Waals surface area (Å²) in [4.78, 5) is 13.8. The van der Waals surface area contributed by atoms with Gasteiger partial charge in [-0.1, -0.05) is 12.1 Å². The molecule has 0 radical (unpaired) electrons. The Bertz CT molecular complexity index is 660. The van der Waals surface area contributed by atoms with Crippen LogP contribution in [0, 0.1) is 0 Å². The summed E-state index contributed by atoms with van der Waals surface area (Å²) in [6, 6.07) is 1.93. The van der Waals surface area contributed by atoms with Crippen molar-refractivity contribution in [2.75, 3.05) is 39.8 Å². The lowest BCUT2D eigenvalue weighted by molar-refractivity contribution is 0.169. The van der Waals surface area contributed by atoms with Crippen LogP contribution in [0.3, 0.4) is 0 Å². The topological polar surface area (TPSA) is 69.8 Å². The predicted molar refractivity (Wildman–Crippen MR) is 99.9 cm³/mol. The fourth-order valence-corrected chi connectivity index (χ4v) is 3.71. The van der Waals surface area contributed by atoms with E-state index in [4.69, 9.17) is 4.52 Å². The van der Waals surface area contributed by atoms with Gasteiger partial charge in [0, 0.05) is 64.2 Å². The molecule has 0 unspecified atom stereocenters. The van der Waals surface area contributed by atoms with Crippen LogP contribution in [0.15, 0.2) is 27.2 Å². The van der Waals surface area contributed by atoms with Crippen LogP contribution in [0.5, 0.6) is 0 Å². The maximum atomic E-state index is 4.90. The normalized spacial score (nSPS) is 16.4. The van der Waals surface area contributed by atoms with Crippen molar-refractivity contribution in [2.45, 2.75) is 26.3 Å². The number of hydrogen-bond donors (Lipinski definition) is 1. The van der Waals surface area contributed by atoms with Gasteiger partial charge in [0.15, 0.2) is 5.96 Å². The number of nitrogens with zero attached hydrogens (tertiary/aromatic N) is 5. The molecule has 0 aliphatic carbocycles. The highest BCUT2D eigenvalue weighted by Gasteiger charge is 2.20. The van der Waals surface area contributed by atoms with Crippen LogP contribution in [0.25, 0.3) is 0 Å². The average molecular weight is 363 g/mol. The second kappa shape index (κ2) is 8.96. The highest BCUT2D eigenvalue weighted by Crippen LogP contribution is 2.10. The monoisotopic (exact) mass is 362 g/mol. The van der Waals surface area contributed by atoms with E-state index in [1.165, 1.54) is 10.7 Å². The zero-order valence-corrected chi connectivity index (χ0v) is 15.8. The number of hydrogen-bond acceptors (Lipinski definition) is 6. The van der Waals surface area contributed by atoms with Gasteiger partial charge in [-0.3, -0.25) is 9.89 Å². The Labute approximate surface area is 152 Å². The van der Waals surface area contributed by atoms with Crippen molar-refractivity contribution in [3.63, 3.8) is 0 Å². The van der Waals surface area contributed by atoms with Gasteiger partial charge in [-0.15, -0.1) is 11.3 Å². The standard InChI is InChI=1S/C17H26N6OS/c1-3-16-20-15(13-25-16)4-6-19-17(18-2)23-9-7-22(8-10-23)12-14-5-11-24-21-14/h5,11,13H,3-4,6-10,12H2,1-2H3,(H,18,19). The molecule has 0 spiro atoms. The van der Waals surface area contributed by atoms with Crippen molar-refractivity contribution >= 4 is 17.3 Å². The summed E-state index contributed by atoms with van der Waals surface area (Å²) in [5.74, 6) is 0.979. The Hall–Kier alpha value is -1.93. The SMILES string of the molecule is CCc1nc(CCNC(=NC)N2CCN(Cc3ccon3)CC2)cs1. The molecule has 3 heterocycles. The van der Waals surface area contributed by atoms with Crippen molar-refractivity contribution in [1.82, 2.24) is 25.3 Å². The molecule has 2 aromatic rings. The van der Waals surface area contributed by atoms with Gasteiger partial charge in [0.2, 0.25) is 0 Å². The van der Waals surface area contributed by atoms with Crippen LogP contribution in [0.2, 0.25) is 0 Å². The van der Waals surface area contributed by atoms with Gasteiger partial charge < -0.3 is 14.7 Å². The maximum Gasteiger partial charge on any atom is 0.193 e. The highest BCUT2D eigenvalue weighted by atomic mass is 32.1. The molecule has 0 atom stereocenters. The van der Waals surface area contributed by atoms with Crippen molar-refractivity contribution < 1.29 is 4.52 Å². The van der Waals surface area contributed by atoms with E-state index in [0.717, 1.165) is 63.8 Å². The first-order chi connectivity index (χ1) is 12.3. The molecule has 1 aliphatic heterocycles. The van der Waals surface area contributed by atoms with E-state index in [9.17, 15) is 0 Å². The third-order valence-corrected chi connectivity index (χ3v) is 5.37. The molecule has 0 aromatic carbocycles. The fraction of sp³-hybridized carbons (Fsp3) is 0.588. The molecule has 0 amide bonds. The van der Waals surface area contributed by atoms with E-state index in [1.54, 1.807) is 17.6 Å². The number of thiazole rings is 1. The second-order valence-electron chi connectivity index (χ2n) is 6.06. The van der Waals surface area contributed by atoms with Crippen molar-refractivity contribution in [1.29, 1.82) is 0 Å². The average Bonchev–Trinajstić information content (AvgIpc) is 3.31. The molecule has 1 saturated heterocycles. The summed E-state index contributed by atoms with van der Waals surface area (Å²) in [6.07, 6.45) is 3.57. The summed E-state index contributed by atoms with van der Waals surface area (Å²) >= 11 is 1.75. The maximum absolute atomic E-state index is 4.90. The van der Waals surface area contributed by atoms with Gasteiger partial charge >= 0.3 is 0 Å². The van der Waals surface area contributed by atoms with E-state index in [2.05, 4.69) is 42.6 Å². The summed E-state index contributed by atoms with van der Waals surface area (Å²) in [5, 5.41) is 10.8. The van der Waals surface area contributed by atoms with Crippen LogP contribution < -0.4 is 5.32 Å². The summed E-state index contributed by atoms with van der Waals surface area (Å²) in [7, 11) is 1.85. The first-order valence-electron chi connectivity index (χ1n) is 8.79. The molecule has 0 bridgehead atoms. The largest absolute Gasteiger partial charge is 0.364 e. The first-order valence-corrected chi connectivity index (χ1v) is 9.67. The Morgan fingerprint density at radius 3 is 2.80 bits per heavy atom. The Morgan fingerprint density at radius 2 is 2.16 bits per heavy atom. The molecule has 2 aromatic heterocycles. The Balaban J connectivity index is 1.41. The quantitative estimate of drug-likeness (QED) is 0.622. The van der Waals surface area contributed by atoms with E-state index in [1.807, 2.05) is 13.1 Å². The molecule has 1 fully saturated rings. The molecule has 8 heteroatoms. The van der Waals surface area contributed by atoms with Gasteiger partial charge in [-0.05, 0) is 6.42 Å². The van der Waals surface area contributed by atoms with E-state index in [0.29, 0.717) is 0 Å². The molecule has 25 heavy (non-hydrogen) atoms. The zero-order chi connectivity index (χ0) is 17.5. The summed E-state index contributed by atoms with van der Waals surface area (Å²) in [6.45, 7) is 7.78. The third-order valence-electron chi connectivity index (χ3n) is 4.33. The van der Waals surface area contributed by atoms with Crippen LogP contribution in [-0.2, 0) is 19.4 Å². The lowest BCUT2D eigenvalue weighted by atomic mass is 10.3. The molecule has 3 rings (SSSR count). The molecule has 136 valence electrons. The minimum absolute atomic E-state index is 0.847. The van der Waals surface area contributed by atoms with Gasteiger partial charge in [0.05, 0.1) is 16.4 Å². The fourth-order valence-electron chi connectivity index (χ4n) is 2.93. The van der Waals surface area contributed by atoms with E-state index < -0.39 is 0 Å². The number of aromatic nitrogens is 2. The van der Waals surface area contributed by atoms with Gasteiger partial charge in [-0.2, -0.15) is 0 Å². The second-order valence-corrected chi connectivity index (χ2v) is 7.01. The molecule has 7 nitrogen and oxygen atoms in total. The van der Waals surface area contributed by atoms with Gasteiger partial charge in [0.25, 0.3) is 0 Å². The van der Waals surface area contributed by atoms with Gasteiger partial charge in [0.1, 0.15) is 6.26 Å². The first kappa shape index (κ1) is 17.9. The lowest BCUT2D eigenvalue weighted by Crippen LogP contribution is -2.52. The predicted octanol–water partition coefficient (Wildman–Crippen LogP) is 1.63. The van der Waals surface area contributed by atoms with Crippen molar-refractivity contribution in [3.8, 4) is 0 Å². The summed E-state index contributed by atoms with van der Waals surface area (Å²) < 4.78 is 4.90. The van der Waals surface area contributed by atoms with Crippen LogP contribution >= 0.6 is 11.3 Å². The molecule has 0 saturated carbocycles. The number of piperazine rings is 1.